The first-order valence-electron chi connectivity index (χ1n) is 8.51. The Morgan fingerprint density at radius 2 is 1.96 bits per heavy atom. The predicted octanol–water partition coefficient (Wildman–Crippen LogP) is 2.66. The van der Waals surface area contributed by atoms with E-state index in [-0.39, 0.29) is 5.91 Å². The Morgan fingerprint density at radius 3 is 2.61 bits per heavy atom. The number of ether oxygens (including phenoxy) is 1. The largest absolute Gasteiger partial charge is 0.379 e. The van der Waals surface area contributed by atoms with E-state index < -0.39 is 0 Å². The zero-order valence-electron chi connectivity index (χ0n) is 14.3. The molecule has 126 valence electrons. The molecule has 0 bridgehead atoms. The molecular weight excluding hydrogens is 288 g/mol. The summed E-state index contributed by atoms with van der Waals surface area (Å²) in [6, 6.07) is 8.34. The number of nitrogens with one attached hydrogen (secondary N) is 1. The van der Waals surface area contributed by atoms with Gasteiger partial charge in [0.05, 0.1) is 13.2 Å². The van der Waals surface area contributed by atoms with E-state index in [0.717, 1.165) is 44.8 Å². The number of rotatable bonds is 7. The lowest BCUT2D eigenvalue weighted by Gasteiger charge is -2.26. The number of morpholine rings is 1. The number of amides is 1. The van der Waals surface area contributed by atoms with Crippen LogP contribution >= 0.6 is 0 Å². The van der Waals surface area contributed by atoms with Crippen molar-refractivity contribution in [2.45, 2.75) is 26.2 Å². The van der Waals surface area contributed by atoms with Gasteiger partial charge in [-0.3, -0.25) is 9.69 Å². The molecule has 1 saturated heterocycles. The number of carbonyl (C=O) groups is 1. The Kier molecular flexibility index (Phi) is 7.30. The highest BCUT2D eigenvalue weighted by Gasteiger charge is 2.09. The SMILES string of the molecule is CC(C)c1ccc(/C=C/C(=O)NCCCN2CCOCC2)cc1. The summed E-state index contributed by atoms with van der Waals surface area (Å²) in [6.07, 6.45) is 4.45. The molecule has 1 aromatic rings. The summed E-state index contributed by atoms with van der Waals surface area (Å²) in [4.78, 5) is 14.2. The van der Waals surface area contributed by atoms with Crippen LogP contribution in [0.15, 0.2) is 30.3 Å². The first-order chi connectivity index (χ1) is 11.1. The van der Waals surface area contributed by atoms with Crippen LogP contribution in [-0.2, 0) is 9.53 Å². The van der Waals surface area contributed by atoms with E-state index in [1.54, 1.807) is 6.08 Å². The minimum Gasteiger partial charge on any atom is -0.379 e. The quantitative estimate of drug-likeness (QED) is 0.621. The maximum Gasteiger partial charge on any atom is 0.243 e. The predicted molar refractivity (Wildman–Crippen MR) is 94.5 cm³/mol. The van der Waals surface area contributed by atoms with Crippen molar-refractivity contribution in [2.75, 3.05) is 39.4 Å². The van der Waals surface area contributed by atoms with E-state index in [1.165, 1.54) is 5.56 Å². The Morgan fingerprint density at radius 1 is 1.26 bits per heavy atom. The van der Waals surface area contributed by atoms with Gasteiger partial charge in [0.1, 0.15) is 0 Å². The first-order valence-corrected chi connectivity index (χ1v) is 8.51. The molecule has 0 spiro atoms. The Balaban J connectivity index is 1.65. The van der Waals surface area contributed by atoms with Crippen molar-refractivity contribution in [1.82, 2.24) is 10.2 Å². The maximum absolute atomic E-state index is 11.8. The van der Waals surface area contributed by atoms with E-state index in [0.29, 0.717) is 12.5 Å². The van der Waals surface area contributed by atoms with Gasteiger partial charge < -0.3 is 10.1 Å². The van der Waals surface area contributed by atoms with Gasteiger partial charge in [0, 0.05) is 25.7 Å². The van der Waals surface area contributed by atoms with Crippen LogP contribution < -0.4 is 5.32 Å². The van der Waals surface area contributed by atoms with Gasteiger partial charge in [-0.2, -0.15) is 0 Å². The Bertz CT molecular complexity index is 503. The topological polar surface area (TPSA) is 41.6 Å². The van der Waals surface area contributed by atoms with Crippen LogP contribution in [0.5, 0.6) is 0 Å². The molecule has 0 aliphatic carbocycles. The summed E-state index contributed by atoms with van der Waals surface area (Å²) < 4.78 is 5.32. The van der Waals surface area contributed by atoms with Gasteiger partial charge in [-0.25, -0.2) is 0 Å². The van der Waals surface area contributed by atoms with Crippen molar-refractivity contribution in [3.8, 4) is 0 Å². The van der Waals surface area contributed by atoms with Gasteiger partial charge in [0.15, 0.2) is 0 Å². The van der Waals surface area contributed by atoms with Gasteiger partial charge in [0.25, 0.3) is 0 Å². The fourth-order valence-electron chi connectivity index (χ4n) is 2.56. The number of benzene rings is 1. The van der Waals surface area contributed by atoms with Crippen LogP contribution in [0.25, 0.3) is 6.08 Å². The summed E-state index contributed by atoms with van der Waals surface area (Å²) in [7, 11) is 0. The van der Waals surface area contributed by atoms with Crippen LogP contribution in [-0.4, -0.2) is 50.2 Å². The molecule has 0 aromatic heterocycles. The van der Waals surface area contributed by atoms with Gasteiger partial charge in [-0.15, -0.1) is 0 Å². The average Bonchev–Trinajstić information content (AvgIpc) is 2.58. The highest BCUT2D eigenvalue weighted by Crippen LogP contribution is 2.15. The third-order valence-corrected chi connectivity index (χ3v) is 4.08. The average molecular weight is 316 g/mol. The fourth-order valence-corrected chi connectivity index (χ4v) is 2.56. The molecule has 0 unspecified atom stereocenters. The normalized spacial score (nSPS) is 16.1. The molecule has 4 heteroatoms. The summed E-state index contributed by atoms with van der Waals surface area (Å²) >= 11 is 0. The zero-order valence-corrected chi connectivity index (χ0v) is 14.3. The van der Waals surface area contributed by atoms with Crippen LogP contribution in [0.4, 0.5) is 0 Å². The third kappa shape index (κ3) is 6.55. The monoisotopic (exact) mass is 316 g/mol. The minimum absolute atomic E-state index is 0.0279. The van der Waals surface area contributed by atoms with E-state index in [2.05, 4.69) is 48.3 Å². The van der Waals surface area contributed by atoms with Crippen molar-refractivity contribution in [2.24, 2.45) is 0 Å². The van der Waals surface area contributed by atoms with Crippen LogP contribution in [0.3, 0.4) is 0 Å². The van der Waals surface area contributed by atoms with Crippen LogP contribution in [0.1, 0.15) is 37.3 Å². The maximum atomic E-state index is 11.8. The van der Waals surface area contributed by atoms with Crippen molar-refractivity contribution >= 4 is 12.0 Å². The zero-order chi connectivity index (χ0) is 16.5. The number of hydrogen-bond donors (Lipinski definition) is 1. The molecule has 1 fully saturated rings. The number of hydrogen-bond acceptors (Lipinski definition) is 3. The van der Waals surface area contributed by atoms with Gasteiger partial charge >= 0.3 is 0 Å². The smallest absolute Gasteiger partial charge is 0.243 e. The Hall–Kier alpha value is -1.65. The molecule has 1 heterocycles. The molecule has 2 rings (SSSR count). The van der Waals surface area contributed by atoms with Crippen LogP contribution in [0.2, 0.25) is 0 Å². The standard InChI is InChI=1S/C19H28N2O2/c1-16(2)18-7-4-17(5-8-18)6-9-19(22)20-10-3-11-21-12-14-23-15-13-21/h4-9,16H,3,10-15H2,1-2H3,(H,20,22)/b9-6+. The molecule has 4 nitrogen and oxygen atoms in total. The van der Waals surface area contributed by atoms with Crippen molar-refractivity contribution in [3.05, 3.63) is 41.5 Å². The second-order valence-electron chi connectivity index (χ2n) is 6.25. The molecule has 0 radical (unpaired) electrons. The Labute approximate surface area is 139 Å². The second-order valence-corrected chi connectivity index (χ2v) is 6.25. The highest BCUT2D eigenvalue weighted by atomic mass is 16.5. The molecule has 0 saturated carbocycles. The molecule has 1 N–H and O–H groups in total. The summed E-state index contributed by atoms with van der Waals surface area (Å²) in [6.45, 7) is 9.73. The van der Waals surface area contributed by atoms with Gasteiger partial charge in [-0.05, 0) is 36.1 Å². The van der Waals surface area contributed by atoms with E-state index in [4.69, 9.17) is 4.74 Å². The molecule has 23 heavy (non-hydrogen) atoms. The molecule has 1 amide bonds. The van der Waals surface area contributed by atoms with Gasteiger partial charge in [-0.1, -0.05) is 38.1 Å². The fraction of sp³-hybridized carbons (Fsp3) is 0.526. The van der Waals surface area contributed by atoms with Crippen LogP contribution in [0, 0.1) is 0 Å². The minimum atomic E-state index is -0.0279. The summed E-state index contributed by atoms with van der Waals surface area (Å²) in [5, 5.41) is 2.94. The first kappa shape index (κ1) is 17.7. The van der Waals surface area contributed by atoms with Crippen molar-refractivity contribution in [3.63, 3.8) is 0 Å². The van der Waals surface area contributed by atoms with Crippen molar-refractivity contribution < 1.29 is 9.53 Å². The van der Waals surface area contributed by atoms with Gasteiger partial charge in [0.2, 0.25) is 5.91 Å². The van der Waals surface area contributed by atoms with E-state index in [9.17, 15) is 4.79 Å². The molecule has 1 aliphatic heterocycles. The second kappa shape index (κ2) is 9.48. The lowest BCUT2D eigenvalue weighted by Crippen LogP contribution is -2.38. The lowest BCUT2D eigenvalue weighted by atomic mass is 10.0. The molecule has 0 atom stereocenters. The number of carbonyl (C=O) groups excluding carboxylic acids is 1. The highest BCUT2D eigenvalue weighted by molar-refractivity contribution is 5.91. The molecular formula is C19H28N2O2. The van der Waals surface area contributed by atoms with E-state index in [1.807, 2.05) is 6.08 Å². The third-order valence-electron chi connectivity index (χ3n) is 4.08. The molecule has 1 aliphatic rings. The summed E-state index contributed by atoms with van der Waals surface area (Å²) in [5.74, 6) is 0.503. The lowest BCUT2D eigenvalue weighted by molar-refractivity contribution is -0.116. The van der Waals surface area contributed by atoms with Crippen molar-refractivity contribution in [1.29, 1.82) is 0 Å². The molecule has 1 aromatic carbocycles. The summed E-state index contributed by atoms with van der Waals surface area (Å²) in [5.41, 5.74) is 2.37. The van der Waals surface area contributed by atoms with E-state index >= 15 is 0 Å². The number of nitrogens with zero attached hydrogens (tertiary/aromatic N) is 1.